The zero-order valence-corrected chi connectivity index (χ0v) is 22.4. The van der Waals surface area contributed by atoms with Gasteiger partial charge in [-0.1, -0.05) is 67.6 Å². The maximum Gasteiger partial charge on any atom is 0.318 e. The van der Waals surface area contributed by atoms with Crippen LogP contribution in [0.5, 0.6) is 0 Å². The average molecular weight is 524 g/mol. The van der Waals surface area contributed by atoms with Crippen molar-refractivity contribution in [2.45, 2.75) is 44.1 Å². The molecule has 39 heavy (non-hydrogen) atoms. The number of carbonyl (C=O) groups is 2. The van der Waals surface area contributed by atoms with Crippen LogP contribution in [-0.4, -0.2) is 47.5 Å². The quantitative estimate of drug-likeness (QED) is 0.250. The van der Waals surface area contributed by atoms with Crippen LogP contribution in [0.3, 0.4) is 0 Å². The Bertz CT molecular complexity index is 1390. The predicted octanol–water partition coefficient (Wildman–Crippen LogP) is 5.37. The van der Waals surface area contributed by atoms with Gasteiger partial charge in [0.2, 0.25) is 5.91 Å². The zero-order chi connectivity index (χ0) is 27.2. The molecule has 0 saturated carbocycles. The number of urea groups is 1. The van der Waals surface area contributed by atoms with Crippen LogP contribution in [0.4, 0.5) is 10.5 Å². The summed E-state index contributed by atoms with van der Waals surface area (Å²) in [6.07, 6.45) is 4.53. The summed E-state index contributed by atoms with van der Waals surface area (Å²) >= 11 is 0. The highest BCUT2D eigenvalue weighted by Gasteiger charge is 2.32. The number of aromatic nitrogens is 1. The normalized spacial score (nSPS) is 15.6. The minimum atomic E-state index is -0.757. The lowest BCUT2D eigenvalue weighted by molar-refractivity contribution is -0.118. The molecule has 4 aromatic rings. The second-order valence-corrected chi connectivity index (χ2v) is 10.4. The number of carbonyl (C=O) groups excluding carboxylic acids is 2. The minimum absolute atomic E-state index is 0.202. The molecule has 3 amide bonds. The molecule has 5 N–H and O–H groups in total. The monoisotopic (exact) mass is 523 g/mol. The first-order valence-electron chi connectivity index (χ1n) is 13.8. The van der Waals surface area contributed by atoms with Gasteiger partial charge in [0.15, 0.2) is 0 Å². The largest absolute Gasteiger partial charge is 0.361 e. The molecule has 2 unspecified atom stereocenters. The number of aromatic amines is 1. The summed E-state index contributed by atoms with van der Waals surface area (Å²) in [6, 6.07) is 25.2. The summed E-state index contributed by atoms with van der Waals surface area (Å²) in [5, 5.41) is 7.16. The number of para-hydroxylation sites is 1. The molecular weight excluding hydrogens is 486 g/mol. The van der Waals surface area contributed by atoms with Crippen molar-refractivity contribution in [3.63, 3.8) is 0 Å². The van der Waals surface area contributed by atoms with E-state index in [4.69, 9.17) is 5.73 Å². The van der Waals surface area contributed by atoms with Crippen molar-refractivity contribution in [1.29, 1.82) is 0 Å². The number of benzene rings is 3. The number of nitrogens with zero attached hydrogens (tertiary/aromatic N) is 1. The number of nitrogens with one attached hydrogen (secondary N) is 3. The van der Waals surface area contributed by atoms with E-state index in [1.807, 2.05) is 72.6 Å². The molecule has 0 spiro atoms. The molecule has 0 aliphatic carbocycles. The predicted molar refractivity (Wildman–Crippen MR) is 157 cm³/mol. The summed E-state index contributed by atoms with van der Waals surface area (Å²) in [5.41, 5.74) is 10.8. The number of hydrogen-bond donors (Lipinski definition) is 4. The number of hydrogen-bond acceptors (Lipinski definition) is 3. The van der Waals surface area contributed by atoms with Crippen LogP contribution in [0.15, 0.2) is 85.1 Å². The summed E-state index contributed by atoms with van der Waals surface area (Å²) in [5.74, 6) is -0.0583. The van der Waals surface area contributed by atoms with Gasteiger partial charge in [0.05, 0.1) is 0 Å². The molecule has 1 aliphatic rings. The fourth-order valence-corrected chi connectivity index (χ4v) is 5.57. The summed E-state index contributed by atoms with van der Waals surface area (Å²) in [6.45, 7) is 3.88. The first-order chi connectivity index (χ1) is 19.0. The van der Waals surface area contributed by atoms with E-state index >= 15 is 0 Å². The molecule has 7 heteroatoms. The van der Waals surface area contributed by atoms with Crippen molar-refractivity contribution in [2.24, 2.45) is 5.73 Å². The third-order valence-corrected chi connectivity index (χ3v) is 7.88. The van der Waals surface area contributed by atoms with Crippen LogP contribution in [0.1, 0.15) is 48.3 Å². The van der Waals surface area contributed by atoms with Crippen LogP contribution in [0.25, 0.3) is 10.9 Å². The van der Waals surface area contributed by atoms with Gasteiger partial charge in [-0.3, -0.25) is 4.79 Å². The van der Waals surface area contributed by atoms with Crippen molar-refractivity contribution in [1.82, 2.24) is 15.2 Å². The van der Waals surface area contributed by atoms with Gasteiger partial charge in [0, 0.05) is 41.8 Å². The molecule has 1 fully saturated rings. The molecular formula is C32H37N5O2. The zero-order valence-electron chi connectivity index (χ0n) is 22.4. The van der Waals surface area contributed by atoms with Gasteiger partial charge in [-0.05, 0) is 66.6 Å². The summed E-state index contributed by atoms with van der Waals surface area (Å²) in [7, 11) is 0. The lowest BCUT2D eigenvalue weighted by atomic mass is 9.89. The Hall–Kier alpha value is -4.10. The third kappa shape index (κ3) is 6.15. The van der Waals surface area contributed by atoms with Crippen LogP contribution in [0.2, 0.25) is 0 Å². The fraction of sp³-hybridized carbons (Fsp3) is 0.312. The number of likely N-dealkylation sites (tertiary alicyclic amines) is 1. The van der Waals surface area contributed by atoms with E-state index < -0.39 is 6.04 Å². The van der Waals surface area contributed by atoms with Crippen molar-refractivity contribution in [3.8, 4) is 0 Å². The SMILES string of the molecule is CC(c1c[nH]c2ccccc12)C(NC(=O)N1CCC(c2ccccc2)CC1)C(=O)Nc1ccc(CCN)cc1. The topological polar surface area (TPSA) is 103 Å². The van der Waals surface area contributed by atoms with E-state index in [-0.39, 0.29) is 17.9 Å². The summed E-state index contributed by atoms with van der Waals surface area (Å²) < 4.78 is 0. The van der Waals surface area contributed by atoms with Crippen molar-refractivity contribution in [2.75, 3.05) is 25.0 Å². The first-order valence-corrected chi connectivity index (χ1v) is 13.8. The minimum Gasteiger partial charge on any atom is -0.361 e. The molecule has 0 bridgehead atoms. The molecule has 7 nitrogen and oxygen atoms in total. The van der Waals surface area contributed by atoms with E-state index in [0.717, 1.165) is 41.3 Å². The van der Waals surface area contributed by atoms with Gasteiger partial charge in [-0.25, -0.2) is 4.79 Å². The highest BCUT2D eigenvalue weighted by atomic mass is 16.2. The third-order valence-electron chi connectivity index (χ3n) is 7.88. The van der Waals surface area contributed by atoms with Gasteiger partial charge < -0.3 is 26.3 Å². The Kier molecular flexibility index (Phi) is 8.27. The van der Waals surface area contributed by atoms with E-state index in [9.17, 15) is 9.59 Å². The molecule has 1 saturated heterocycles. The van der Waals surface area contributed by atoms with Gasteiger partial charge in [0.1, 0.15) is 6.04 Å². The summed E-state index contributed by atoms with van der Waals surface area (Å²) in [4.78, 5) is 32.3. The van der Waals surface area contributed by atoms with Crippen molar-refractivity contribution in [3.05, 3.63) is 102 Å². The molecule has 1 aromatic heterocycles. The van der Waals surface area contributed by atoms with Gasteiger partial charge in [-0.2, -0.15) is 0 Å². The molecule has 5 rings (SSSR count). The molecule has 1 aliphatic heterocycles. The van der Waals surface area contributed by atoms with E-state index in [0.29, 0.717) is 31.2 Å². The Morgan fingerprint density at radius 1 is 0.974 bits per heavy atom. The second kappa shape index (κ2) is 12.2. The number of anilines is 1. The number of amides is 3. The van der Waals surface area contributed by atoms with Gasteiger partial charge in [-0.15, -0.1) is 0 Å². The highest BCUT2D eigenvalue weighted by Crippen LogP contribution is 2.30. The number of rotatable bonds is 8. The van der Waals surface area contributed by atoms with Gasteiger partial charge in [0.25, 0.3) is 0 Å². The van der Waals surface area contributed by atoms with Crippen LogP contribution in [-0.2, 0) is 11.2 Å². The number of piperidine rings is 1. The average Bonchev–Trinajstić information content (AvgIpc) is 3.41. The molecule has 0 radical (unpaired) electrons. The highest BCUT2D eigenvalue weighted by molar-refractivity contribution is 5.98. The maximum atomic E-state index is 13.7. The number of H-pyrrole nitrogens is 1. The van der Waals surface area contributed by atoms with Crippen LogP contribution >= 0.6 is 0 Å². The van der Waals surface area contributed by atoms with Crippen LogP contribution in [0, 0.1) is 0 Å². The van der Waals surface area contributed by atoms with E-state index in [1.54, 1.807) is 0 Å². The smallest absolute Gasteiger partial charge is 0.318 e. The Morgan fingerprint density at radius 2 is 1.67 bits per heavy atom. The number of nitrogens with two attached hydrogens (primary N) is 1. The van der Waals surface area contributed by atoms with Crippen molar-refractivity contribution >= 4 is 28.5 Å². The standard InChI is InChI=1S/C32H37N5O2/c1-22(28-21-34-29-10-6-5-9-27(28)29)30(31(38)35-26-13-11-23(12-14-26)15-18-33)36-32(39)37-19-16-25(17-20-37)24-7-3-2-4-8-24/h2-14,21-22,25,30,34H,15-20,33H2,1H3,(H,35,38)(H,36,39). The lowest BCUT2D eigenvalue weighted by Gasteiger charge is -2.34. The Labute approximate surface area is 229 Å². The fourth-order valence-electron chi connectivity index (χ4n) is 5.57. The first kappa shape index (κ1) is 26.5. The molecule has 3 aromatic carbocycles. The van der Waals surface area contributed by atoms with Gasteiger partial charge >= 0.3 is 6.03 Å². The lowest BCUT2D eigenvalue weighted by Crippen LogP contribution is -2.53. The number of fused-ring (bicyclic) bond motifs is 1. The van der Waals surface area contributed by atoms with Crippen molar-refractivity contribution < 1.29 is 9.59 Å². The second-order valence-electron chi connectivity index (χ2n) is 10.4. The molecule has 2 atom stereocenters. The van der Waals surface area contributed by atoms with E-state index in [2.05, 4.69) is 39.9 Å². The van der Waals surface area contributed by atoms with Crippen LogP contribution < -0.4 is 16.4 Å². The Morgan fingerprint density at radius 3 is 2.38 bits per heavy atom. The maximum absolute atomic E-state index is 13.7. The molecule has 2 heterocycles. The Balaban J connectivity index is 1.32. The molecule has 202 valence electrons. The van der Waals surface area contributed by atoms with E-state index in [1.165, 1.54) is 5.56 Å².